The van der Waals surface area contributed by atoms with Gasteiger partial charge in [0.1, 0.15) is 0 Å². The van der Waals surface area contributed by atoms with E-state index in [2.05, 4.69) is 175 Å². The predicted molar refractivity (Wildman–Crippen MR) is 245 cm³/mol. The average molecular weight is 965 g/mol. The van der Waals surface area contributed by atoms with Crippen LogP contribution in [-0.4, -0.2) is 22.6 Å². The van der Waals surface area contributed by atoms with Gasteiger partial charge in [0.2, 0.25) is 0 Å². The summed E-state index contributed by atoms with van der Waals surface area (Å²) >= 11 is 1.82. The van der Waals surface area contributed by atoms with Gasteiger partial charge in [0.15, 0.2) is 0 Å². The third-order valence-electron chi connectivity index (χ3n) is 10.1. The van der Waals surface area contributed by atoms with Gasteiger partial charge in [-0.1, -0.05) is 153 Å². The molecular weight excluding hydrogens is 919 g/mol. The van der Waals surface area contributed by atoms with Crippen LogP contribution in [0.2, 0.25) is 19.6 Å². The van der Waals surface area contributed by atoms with E-state index >= 15 is 0 Å². The Labute approximate surface area is 366 Å². The smallest absolute Gasteiger partial charge is 0.0795 e. The van der Waals surface area contributed by atoms with Crippen LogP contribution >= 0.6 is 11.3 Å². The Hall–Kier alpha value is -5.75. The van der Waals surface area contributed by atoms with E-state index in [-0.39, 0.29) is 37.8 Å². The Morgan fingerprint density at radius 3 is 2.19 bits per heavy atom. The molecule has 0 saturated carbocycles. The number of aromatic nitrogens is 3. The van der Waals surface area contributed by atoms with Crippen molar-refractivity contribution >= 4 is 55.8 Å². The summed E-state index contributed by atoms with van der Waals surface area (Å²) in [6.07, 6.45) is 1.82. The van der Waals surface area contributed by atoms with Gasteiger partial charge in [-0.05, 0) is 61.9 Å². The van der Waals surface area contributed by atoms with Crippen LogP contribution in [0.3, 0.4) is 0 Å². The number of para-hydroxylation sites is 3. The molecule has 0 N–H and O–H groups in total. The van der Waals surface area contributed by atoms with Gasteiger partial charge in [-0.15, -0.1) is 53.5 Å². The molecule has 3 aromatic heterocycles. The van der Waals surface area contributed by atoms with Gasteiger partial charge in [-0.3, -0.25) is 4.98 Å². The second kappa shape index (κ2) is 16.6. The maximum absolute atomic E-state index is 7.88. The largest absolute Gasteiger partial charge is 0.333 e. The van der Waals surface area contributed by atoms with E-state index in [9.17, 15) is 0 Å². The summed E-state index contributed by atoms with van der Waals surface area (Å²) in [4.78, 5) is 9.60. The Bertz CT molecular complexity index is 3210. The van der Waals surface area contributed by atoms with Crippen LogP contribution in [0.4, 0.5) is 0 Å². The number of thiophene rings is 1. The van der Waals surface area contributed by atoms with E-state index < -0.39 is 14.9 Å². The number of nitrogens with zero attached hydrogens (tertiary/aromatic N) is 3. The molecule has 0 aliphatic rings. The Morgan fingerprint density at radius 2 is 1.45 bits per heavy atom. The minimum absolute atomic E-state index is 0. The molecular formula is C52H41IrN3SSi-2. The van der Waals surface area contributed by atoms with Crippen molar-refractivity contribution in [3.8, 4) is 50.6 Å². The van der Waals surface area contributed by atoms with Crippen molar-refractivity contribution in [1.29, 1.82) is 0 Å². The minimum Gasteiger partial charge on any atom is -0.333 e. The van der Waals surface area contributed by atoms with Crippen molar-refractivity contribution in [1.82, 2.24) is 14.5 Å². The van der Waals surface area contributed by atoms with Crippen molar-refractivity contribution < 1.29 is 27.0 Å². The number of hydrogen-bond acceptors (Lipinski definition) is 3. The molecule has 285 valence electrons. The molecule has 0 fully saturated rings. The molecule has 0 atom stereocenters. The number of hydrogen-bond donors (Lipinski definition) is 0. The zero-order valence-corrected chi connectivity index (χ0v) is 36.4. The van der Waals surface area contributed by atoms with Crippen LogP contribution in [-0.2, 0) is 20.1 Å². The minimum atomic E-state index is -2.47. The zero-order valence-electron chi connectivity index (χ0n) is 37.2. The summed E-state index contributed by atoms with van der Waals surface area (Å²) in [6.45, 7) is 4.21. The fraction of sp³-hybridized carbons (Fsp3) is 0.0769. The summed E-state index contributed by atoms with van der Waals surface area (Å²) < 4.78 is 42.7. The Morgan fingerprint density at radius 1 is 0.707 bits per heavy atom. The second-order valence-corrected chi connectivity index (χ2v) is 21.1. The molecule has 0 amide bonds. The van der Waals surface area contributed by atoms with E-state index in [1.54, 1.807) is 0 Å². The maximum Gasteiger partial charge on any atom is 0.0795 e. The molecule has 0 saturated heterocycles. The van der Waals surface area contributed by atoms with Gasteiger partial charge >= 0.3 is 0 Å². The molecule has 3 nitrogen and oxygen atoms in total. The van der Waals surface area contributed by atoms with Gasteiger partial charge in [0.05, 0.1) is 24.9 Å². The number of imidazole rings is 1. The summed E-state index contributed by atoms with van der Waals surface area (Å²) in [5.41, 5.74) is 9.80. The molecule has 0 spiro atoms. The van der Waals surface area contributed by atoms with Crippen LogP contribution < -0.4 is 5.19 Å². The van der Waals surface area contributed by atoms with E-state index in [0.717, 1.165) is 28.1 Å². The first-order valence-corrected chi connectivity index (χ1v) is 23.2. The van der Waals surface area contributed by atoms with Gasteiger partial charge in [0, 0.05) is 49.1 Å². The van der Waals surface area contributed by atoms with Crippen LogP contribution in [0, 0.1) is 19.0 Å². The van der Waals surface area contributed by atoms with Gasteiger partial charge in [-0.25, -0.2) is 0 Å². The Balaban J connectivity index is 0.000000203. The molecule has 0 bridgehead atoms. The molecule has 0 unspecified atom stereocenters. The van der Waals surface area contributed by atoms with Crippen LogP contribution in [0.5, 0.6) is 0 Å². The third kappa shape index (κ3) is 7.77. The van der Waals surface area contributed by atoms with E-state index in [1.165, 1.54) is 53.7 Å². The van der Waals surface area contributed by atoms with Crippen LogP contribution in [0.25, 0.3) is 81.8 Å². The van der Waals surface area contributed by atoms with E-state index in [4.69, 9.17) is 11.8 Å². The first kappa shape index (κ1) is 33.2. The molecule has 10 rings (SSSR count). The molecule has 10 aromatic rings. The predicted octanol–water partition coefficient (Wildman–Crippen LogP) is 13.6. The first-order valence-electron chi connectivity index (χ1n) is 21.4. The first-order chi connectivity index (χ1) is 29.8. The maximum atomic E-state index is 7.88. The standard InChI is InChI=1S/C37H23N2S.C15H18NSi.Ir/c1-3-12-25(13-4-1)27-22-23-29-30-17-11-18-31(36(30)40-35(29)24-27)37-38-32-19-8-10-21-34(32)39(37)33-20-9-7-16-28(33)26-14-5-2-6-15-26;1-12-5-7-13(8-6-12)15-10-9-14(11-16-15)17(2,3)4;/h1-17,19-24H;5-7,9-11H,1-4H3;/q2*-1;/i;1D3,5D,6D;. The molecule has 1 radical (unpaired) electrons. The molecule has 7 aromatic carbocycles. The molecule has 3 heterocycles. The molecule has 58 heavy (non-hydrogen) atoms. The van der Waals surface area contributed by atoms with Crippen molar-refractivity contribution in [2.75, 3.05) is 0 Å². The zero-order chi connectivity index (χ0) is 43.2. The quantitative estimate of drug-likeness (QED) is 0.123. The third-order valence-corrected chi connectivity index (χ3v) is 13.4. The number of benzene rings is 7. The summed E-state index contributed by atoms with van der Waals surface area (Å²) in [6, 6.07) is 60.3. The monoisotopic (exact) mass is 965 g/mol. The molecule has 6 heteroatoms. The molecule has 0 aliphatic heterocycles. The topological polar surface area (TPSA) is 30.7 Å². The fourth-order valence-electron chi connectivity index (χ4n) is 7.17. The summed E-state index contributed by atoms with van der Waals surface area (Å²) in [5.74, 6) is 0.907. The fourth-order valence-corrected chi connectivity index (χ4v) is 9.44. The van der Waals surface area contributed by atoms with E-state index in [1.807, 2.05) is 35.7 Å². The van der Waals surface area contributed by atoms with Crippen molar-refractivity contribution in [3.63, 3.8) is 0 Å². The number of rotatable bonds is 6. The molecule has 0 aliphatic carbocycles. The second-order valence-electron chi connectivity index (χ2n) is 14.9. The van der Waals surface area contributed by atoms with Crippen molar-refractivity contribution in [3.05, 3.63) is 194 Å². The number of pyridine rings is 1. The van der Waals surface area contributed by atoms with Crippen LogP contribution in [0.15, 0.2) is 176 Å². The van der Waals surface area contributed by atoms with Gasteiger partial charge < -0.3 is 9.55 Å². The van der Waals surface area contributed by atoms with Crippen molar-refractivity contribution in [2.24, 2.45) is 0 Å². The summed E-state index contributed by atoms with van der Waals surface area (Å²) in [7, 11) is -1.43. The average Bonchev–Trinajstić information content (AvgIpc) is 3.85. The summed E-state index contributed by atoms with van der Waals surface area (Å²) in [5, 5.41) is 3.72. The van der Waals surface area contributed by atoms with Gasteiger partial charge in [-0.2, -0.15) is 11.3 Å². The van der Waals surface area contributed by atoms with Crippen molar-refractivity contribution in [2.45, 2.75) is 26.5 Å². The SMILES string of the molecule is [2H]c1[c-]c(-c2ccc([Si](C)(C)C)cn2)cc([2H])c1C([2H])([2H])[2H].[Ir].[c-]1ccc2c(sc3cc(-c4ccccc4)ccc32)c1-c1nc2ccccc2n1-c1ccccc1-c1ccccc1. The Kier molecular flexibility index (Phi) is 9.52. The normalized spacial score (nSPS) is 12.8. The van der Waals surface area contributed by atoms with Crippen LogP contribution in [0.1, 0.15) is 12.4 Å². The van der Waals surface area contributed by atoms with E-state index in [0.29, 0.717) is 11.3 Å². The number of fused-ring (bicyclic) bond motifs is 4. The van der Waals surface area contributed by atoms with Gasteiger partial charge in [0.25, 0.3) is 0 Å².